The monoisotopic (exact) mass is 404 g/mol. The van der Waals surface area contributed by atoms with Gasteiger partial charge in [-0.3, -0.25) is 9.59 Å². The molecule has 5 nitrogen and oxygen atoms in total. The zero-order valence-corrected chi connectivity index (χ0v) is 16.0. The van der Waals surface area contributed by atoms with E-state index in [1.165, 1.54) is 0 Å². The van der Waals surface area contributed by atoms with Crippen LogP contribution < -0.4 is 4.74 Å². The number of benzene rings is 2. The van der Waals surface area contributed by atoms with Gasteiger partial charge in [-0.15, -0.1) is 0 Å². The number of hydrogen-bond donors (Lipinski definition) is 0. The summed E-state index contributed by atoms with van der Waals surface area (Å²) in [7, 11) is 0. The summed E-state index contributed by atoms with van der Waals surface area (Å²) in [5.74, 6) is 0.633. The number of amides is 2. The molecule has 2 amide bonds. The smallest absolute Gasteiger partial charge is 0.264 e. The van der Waals surface area contributed by atoms with Gasteiger partial charge in [0.25, 0.3) is 11.8 Å². The van der Waals surface area contributed by atoms with Crippen LogP contribution in [0.15, 0.2) is 42.5 Å². The molecule has 1 fully saturated rings. The van der Waals surface area contributed by atoms with Crippen LogP contribution in [0.1, 0.15) is 15.9 Å². The van der Waals surface area contributed by atoms with Crippen LogP contribution in [0.4, 0.5) is 0 Å². The predicted molar refractivity (Wildman–Crippen MR) is 104 cm³/mol. The second-order valence-corrected chi connectivity index (χ2v) is 7.56. The summed E-state index contributed by atoms with van der Waals surface area (Å²) in [4.78, 5) is 28.9. The van der Waals surface area contributed by atoms with Crippen molar-refractivity contribution in [1.82, 2.24) is 9.80 Å². The van der Waals surface area contributed by atoms with Crippen LogP contribution in [0.25, 0.3) is 0 Å². The number of nitrogens with zero attached hydrogens (tertiary/aromatic N) is 2. The maximum Gasteiger partial charge on any atom is 0.264 e. The van der Waals surface area contributed by atoms with E-state index in [-0.39, 0.29) is 11.8 Å². The summed E-state index contributed by atoms with van der Waals surface area (Å²) in [6.45, 7) is 1.99. The summed E-state index contributed by atoms with van der Waals surface area (Å²) < 4.78 is 5.79. The van der Waals surface area contributed by atoms with E-state index in [4.69, 9.17) is 27.9 Å². The van der Waals surface area contributed by atoms with Gasteiger partial charge >= 0.3 is 0 Å². The average molecular weight is 405 g/mol. The molecule has 4 rings (SSSR count). The number of halogens is 2. The maximum atomic E-state index is 12.8. The highest BCUT2D eigenvalue weighted by atomic mass is 35.5. The zero-order chi connectivity index (χ0) is 19.0. The highest BCUT2D eigenvalue weighted by Crippen LogP contribution is 2.31. The van der Waals surface area contributed by atoms with Crippen LogP contribution in [0, 0.1) is 0 Å². The lowest BCUT2D eigenvalue weighted by atomic mass is 10.1. The van der Waals surface area contributed by atoms with Crippen LogP contribution >= 0.6 is 23.2 Å². The van der Waals surface area contributed by atoms with Crippen molar-refractivity contribution in [3.8, 4) is 5.75 Å². The van der Waals surface area contributed by atoms with Crippen molar-refractivity contribution in [2.75, 3.05) is 26.2 Å². The van der Waals surface area contributed by atoms with Crippen molar-refractivity contribution < 1.29 is 14.3 Å². The summed E-state index contributed by atoms with van der Waals surface area (Å²) >= 11 is 11.9. The van der Waals surface area contributed by atoms with Crippen LogP contribution in [-0.2, 0) is 11.2 Å². The standard InChI is InChI=1S/C20H18Cl2N2O3/c21-15-3-1-13(2-4-15)19(25)23-7-9-24(10-8-23)20(26)18-12-14-11-16(22)5-6-17(14)27-18/h1-6,11,18H,7-10,12H2. The molecular weight excluding hydrogens is 387 g/mol. The molecule has 0 radical (unpaired) electrons. The Balaban J connectivity index is 1.35. The third-order valence-electron chi connectivity index (χ3n) is 4.94. The third kappa shape index (κ3) is 3.75. The Morgan fingerprint density at radius 1 is 0.889 bits per heavy atom. The molecule has 0 saturated carbocycles. The Hall–Kier alpha value is -2.24. The molecule has 2 aliphatic rings. The minimum Gasteiger partial charge on any atom is -0.480 e. The average Bonchev–Trinajstić information content (AvgIpc) is 3.11. The van der Waals surface area contributed by atoms with Gasteiger partial charge in [-0.25, -0.2) is 0 Å². The van der Waals surface area contributed by atoms with E-state index in [2.05, 4.69) is 0 Å². The van der Waals surface area contributed by atoms with Gasteiger partial charge in [-0.2, -0.15) is 0 Å². The Morgan fingerprint density at radius 3 is 2.22 bits per heavy atom. The number of piperazine rings is 1. The largest absolute Gasteiger partial charge is 0.480 e. The molecule has 1 unspecified atom stereocenters. The second kappa shape index (κ2) is 7.41. The van der Waals surface area contributed by atoms with Crippen molar-refractivity contribution in [1.29, 1.82) is 0 Å². The molecule has 0 aliphatic carbocycles. The minimum absolute atomic E-state index is 0.0408. The van der Waals surface area contributed by atoms with Gasteiger partial charge < -0.3 is 14.5 Å². The lowest BCUT2D eigenvalue weighted by molar-refractivity contribution is -0.139. The molecule has 0 bridgehead atoms. The van der Waals surface area contributed by atoms with Crippen LogP contribution in [0.5, 0.6) is 5.75 Å². The quantitative estimate of drug-likeness (QED) is 0.771. The normalized spacial score (nSPS) is 18.8. The van der Waals surface area contributed by atoms with Crippen LogP contribution in [0.3, 0.4) is 0 Å². The van der Waals surface area contributed by atoms with Crippen molar-refractivity contribution in [2.45, 2.75) is 12.5 Å². The number of rotatable bonds is 2. The van der Waals surface area contributed by atoms with E-state index in [1.807, 2.05) is 6.07 Å². The SMILES string of the molecule is O=C(c1ccc(Cl)cc1)N1CCN(C(=O)C2Cc3cc(Cl)ccc3O2)CC1. The van der Waals surface area contributed by atoms with Gasteiger partial charge in [0.15, 0.2) is 6.10 Å². The molecule has 2 aromatic rings. The summed E-state index contributed by atoms with van der Waals surface area (Å²) in [6, 6.07) is 12.2. The summed E-state index contributed by atoms with van der Waals surface area (Å²) in [6.07, 6.45) is 0.00975. The van der Waals surface area contributed by atoms with E-state index in [0.29, 0.717) is 54.0 Å². The topological polar surface area (TPSA) is 49.9 Å². The molecule has 7 heteroatoms. The minimum atomic E-state index is -0.517. The van der Waals surface area contributed by atoms with E-state index < -0.39 is 6.10 Å². The Kier molecular flexibility index (Phi) is 4.98. The van der Waals surface area contributed by atoms with E-state index in [0.717, 1.165) is 5.56 Å². The fraction of sp³-hybridized carbons (Fsp3) is 0.300. The molecule has 0 N–H and O–H groups in total. The molecule has 2 heterocycles. The predicted octanol–water partition coefficient (Wildman–Crippen LogP) is 3.28. The highest BCUT2D eigenvalue weighted by molar-refractivity contribution is 6.31. The lowest BCUT2D eigenvalue weighted by Crippen LogP contribution is -2.53. The van der Waals surface area contributed by atoms with E-state index in [1.54, 1.807) is 46.2 Å². The number of fused-ring (bicyclic) bond motifs is 1. The van der Waals surface area contributed by atoms with Gasteiger partial charge in [-0.1, -0.05) is 23.2 Å². The van der Waals surface area contributed by atoms with Gasteiger partial charge in [0.2, 0.25) is 0 Å². The van der Waals surface area contributed by atoms with Gasteiger partial charge in [-0.05, 0) is 48.0 Å². The molecule has 0 spiro atoms. The molecular formula is C20H18Cl2N2O3. The zero-order valence-electron chi connectivity index (χ0n) is 14.5. The number of carbonyl (C=O) groups is 2. The van der Waals surface area contributed by atoms with Gasteiger partial charge in [0.05, 0.1) is 0 Å². The first-order valence-electron chi connectivity index (χ1n) is 8.80. The first-order chi connectivity index (χ1) is 13.0. The molecule has 140 valence electrons. The number of hydrogen-bond acceptors (Lipinski definition) is 3. The molecule has 27 heavy (non-hydrogen) atoms. The number of carbonyl (C=O) groups excluding carboxylic acids is 2. The Labute approximate surface area is 167 Å². The number of ether oxygens (including phenoxy) is 1. The van der Waals surface area contributed by atoms with Gasteiger partial charge in [0, 0.05) is 48.2 Å². The van der Waals surface area contributed by atoms with E-state index >= 15 is 0 Å². The molecule has 1 saturated heterocycles. The highest BCUT2D eigenvalue weighted by Gasteiger charge is 2.34. The molecule has 2 aromatic carbocycles. The first kappa shape index (κ1) is 18.1. The first-order valence-corrected chi connectivity index (χ1v) is 9.55. The van der Waals surface area contributed by atoms with Crippen LogP contribution in [0.2, 0.25) is 10.0 Å². The molecule has 2 aliphatic heterocycles. The third-order valence-corrected chi connectivity index (χ3v) is 5.43. The van der Waals surface area contributed by atoms with Crippen LogP contribution in [-0.4, -0.2) is 53.9 Å². The maximum absolute atomic E-state index is 12.8. The molecule has 1 atom stereocenters. The van der Waals surface area contributed by atoms with Crippen molar-refractivity contribution in [2.24, 2.45) is 0 Å². The van der Waals surface area contributed by atoms with Crippen molar-refractivity contribution >= 4 is 35.0 Å². The van der Waals surface area contributed by atoms with E-state index in [9.17, 15) is 9.59 Å². The Morgan fingerprint density at radius 2 is 1.52 bits per heavy atom. The van der Waals surface area contributed by atoms with Crippen molar-refractivity contribution in [3.05, 3.63) is 63.6 Å². The fourth-order valence-electron chi connectivity index (χ4n) is 3.46. The summed E-state index contributed by atoms with van der Waals surface area (Å²) in [5.41, 5.74) is 1.56. The van der Waals surface area contributed by atoms with Crippen molar-refractivity contribution in [3.63, 3.8) is 0 Å². The fourth-order valence-corrected chi connectivity index (χ4v) is 3.78. The summed E-state index contributed by atoms with van der Waals surface area (Å²) in [5, 5.41) is 1.24. The Bertz CT molecular complexity index is 877. The molecule has 0 aromatic heterocycles. The lowest BCUT2D eigenvalue weighted by Gasteiger charge is -2.35. The second-order valence-electron chi connectivity index (χ2n) is 6.69. The van der Waals surface area contributed by atoms with Gasteiger partial charge in [0.1, 0.15) is 5.75 Å².